The Morgan fingerprint density at radius 1 is 1.38 bits per heavy atom. The number of carbonyl (C=O) groups excluding carboxylic acids is 1. The van der Waals surface area contributed by atoms with E-state index in [4.69, 9.17) is 0 Å². The Hall–Kier alpha value is -1.75. The minimum Gasteiger partial charge on any atom is -0.302 e. The van der Waals surface area contributed by atoms with E-state index in [-0.39, 0.29) is 5.91 Å². The molecule has 0 spiro atoms. The highest BCUT2D eigenvalue weighted by molar-refractivity contribution is 7.14. The van der Waals surface area contributed by atoms with E-state index in [2.05, 4.69) is 15.3 Å². The maximum atomic E-state index is 12.0. The van der Waals surface area contributed by atoms with E-state index in [1.165, 1.54) is 37.0 Å². The van der Waals surface area contributed by atoms with Gasteiger partial charge in [-0.2, -0.15) is 0 Å². The van der Waals surface area contributed by atoms with Gasteiger partial charge in [-0.1, -0.05) is 25.7 Å². The predicted octanol–water partition coefficient (Wildman–Crippen LogP) is 4.11. The van der Waals surface area contributed by atoms with Gasteiger partial charge in [0.15, 0.2) is 5.13 Å². The number of carbonyl (C=O) groups is 1. The minimum absolute atomic E-state index is 0.0778. The second-order valence-electron chi connectivity index (χ2n) is 5.52. The fraction of sp³-hybridized carbons (Fsp3) is 0.438. The molecule has 1 aliphatic rings. The molecule has 3 rings (SSSR count). The van der Waals surface area contributed by atoms with Gasteiger partial charge in [-0.3, -0.25) is 9.78 Å². The average molecular weight is 301 g/mol. The molecule has 4 nitrogen and oxygen atoms in total. The fourth-order valence-corrected chi connectivity index (χ4v) is 3.53. The molecule has 2 heterocycles. The van der Waals surface area contributed by atoms with Crippen LogP contribution < -0.4 is 5.32 Å². The van der Waals surface area contributed by atoms with Crippen molar-refractivity contribution < 1.29 is 4.79 Å². The highest BCUT2D eigenvalue weighted by Gasteiger charge is 2.16. The third-order valence-electron chi connectivity index (χ3n) is 3.96. The van der Waals surface area contributed by atoms with Gasteiger partial charge in [0.25, 0.3) is 0 Å². The summed E-state index contributed by atoms with van der Waals surface area (Å²) in [6, 6.07) is 3.85. The highest BCUT2D eigenvalue weighted by Crippen LogP contribution is 2.29. The van der Waals surface area contributed by atoms with Crippen LogP contribution in [0.15, 0.2) is 29.9 Å². The third-order valence-corrected chi connectivity index (χ3v) is 4.72. The van der Waals surface area contributed by atoms with E-state index >= 15 is 0 Å². The fourth-order valence-electron chi connectivity index (χ4n) is 2.79. The summed E-state index contributed by atoms with van der Waals surface area (Å²) in [6.07, 6.45) is 10.4. The van der Waals surface area contributed by atoms with Crippen LogP contribution in [0.25, 0.3) is 11.3 Å². The molecule has 1 saturated carbocycles. The molecule has 1 amide bonds. The number of aromatic nitrogens is 2. The number of pyridine rings is 1. The number of nitrogens with one attached hydrogen (secondary N) is 1. The van der Waals surface area contributed by atoms with Crippen molar-refractivity contribution in [1.82, 2.24) is 9.97 Å². The quantitative estimate of drug-likeness (QED) is 0.904. The second-order valence-corrected chi connectivity index (χ2v) is 6.38. The normalized spacial score (nSPS) is 15.2. The van der Waals surface area contributed by atoms with E-state index in [9.17, 15) is 4.79 Å². The average Bonchev–Trinajstić information content (AvgIpc) is 3.17. The van der Waals surface area contributed by atoms with Crippen LogP contribution in [0.2, 0.25) is 0 Å². The smallest absolute Gasteiger partial charge is 0.226 e. The summed E-state index contributed by atoms with van der Waals surface area (Å²) in [6.45, 7) is 0. The largest absolute Gasteiger partial charge is 0.302 e. The Morgan fingerprint density at radius 2 is 2.24 bits per heavy atom. The van der Waals surface area contributed by atoms with Gasteiger partial charge in [-0.05, 0) is 24.5 Å². The summed E-state index contributed by atoms with van der Waals surface area (Å²) < 4.78 is 0. The number of rotatable bonds is 5. The first kappa shape index (κ1) is 14.2. The molecule has 0 radical (unpaired) electrons. The molecule has 2 aromatic rings. The van der Waals surface area contributed by atoms with E-state index in [1.807, 2.05) is 17.5 Å². The van der Waals surface area contributed by atoms with Crippen molar-refractivity contribution >= 4 is 22.4 Å². The molecule has 0 aromatic carbocycles. The van der Waals surface area contributed by atoms with Crippen LogP contribution in [0.4, 0.5) is 5.13 Å². The first-order valence-electron chi connectivity index (χ1n) is 7.47. The molecule has 0 saturated heterocycles. The van der Waals surface area contributed by atoms with Crippen LogP contribution in [0.3, 0.4) is 0 Å². The van der Waals surface area contributed by atoms with Crippen molar-refractivity contribution in [1.29, 1.82) is 0 Å². The van der Waals surface area contributed by atoms with Crippen LogP contribution in [0.1, 0.15) is 38.5 Å². The monoisotopic (exact) mass is 301 g/mol. The van der Waals surface area contributed by atoms with Gasteiger partial charge < -0.3 is 5.32 Å². The van der Waals surface area contributed by atoms with E-state index in [0.717, 1.165) is 23.6 Å². The maximum Gasteiger partial charge on any atom is 0.226 e. The summed E-state index contributed by atoms with van der Waals surface area (Å²) in [4.78, 5) is 20.5. The Morgan fingerprint density at radius 3 is 3.00 bits per heavy atom. The third kappa shape index (κ3) is 3.88. The van der Waals surface area contributed by atoms with Crippen molar-refractivity contribution in [2.75, 3.05) is 5.32 Å². The zero-order valence-corrected chi connectivity index (χ0v) is 12.7. The molecule has 1 aliphatic carbocycles. The zero-order chi connectivity index (χ0) is 14.5. The topological polar surface area (TPSA) is 54.9 Å². The number of nitrogens with zero attached hydrogens (tertiary/aromatic N) is 2. The molecule has 1 N–H and O–H groups in total. The Bertz CT molecular complexity index is 591. The number of thiazole rings is 1. The minimum atomic E-state index is 0.0778. The standard InChI is InChI=1S/C16H19N3OS/c20-15(8-7-12-4-1-2-5-12)19-16-18-14(11-21-16)13-6-3-9-17-10-13/h3,6,9-12H,1-2,4-5,7-8H2,(H,18,19,20). The lowest BCUT2D eigenvalue weighted by Crippen LogP contribution is -2.12. The van der Waals surface area contributed by atoms with Crippen molar-refractivity contribution in [3.05, 3.63) is 29.9 Å². The molecule has 1 fully saturated rings. The second kappa shape index (κ2) is 6.80. The Balaban J connectivity index is 1.53. The summed E-state index contributed by atoms with van der Waals surface area (Å²) in [5, 5.41) is 5.52. The molecule has 5 heteroatoms. The van der Waals surface area contributed by atoms with Gasteiger partial charge in [0, 0.05) is 29.8 Å². The van der Waals surface area contributed by atoms with E-state index in [0.29, 0.717) is 11.6 Å². The van der Waals surface area contributed by atoms with Gasteiger partial charge in [-0.25, -0.2) is 4.98 Å². The number of hydrogen-bond acceptors (Lipinski definition) is 4. The Labute approximate surface area is 128 Å². The molecule has 0 aliphatic heterocycles. The SMILES string of the molecule is O=C(CCC1CCCC1)Nc1nc(-c2cccnc2)cs1. The van der Waals surface area contributed by atoms with Crippen LogP contribution >= 0.6 is 11.3 Å². The lowest BCUT2D eigenvalue weighted by atomic mass is 10.0. The first-order valence-corrected chi connectivity index (χ1v) is 8.35. The van der Waals surface area contributed by atoms with Crippen molar-refractivity contribution in [3.8, 4) is 11.3 Å². The zero-order valence-electron chi connectivity index (χ0n) is 11.9. The Kier molecular flexibility index (Phi) is 4.60. The predicted molar refractivity (Wildman–Crippen MR) is 85.2 cm³/mol. The maximum absolute atomic E-state index is 12.0. The van der Waals surface area contributed by atoms with Gasteiger partial charge in [0.2, 0.25) is 5.91 Å². The number of anilines is 1. The van der Waals surface area contributed by atoms with Gasteiger partial charge in [0.05, 0.1) is 5.69 Å². The van der Waals surface area contributed by atoms with Gasteiger partial charge in [-0.15, -0.1) is 11.3 Å². The van der Waals surface area contributed by atoms with Crippen molar-refractivity contribution in [3.63, 3.8) is 0 Å². The van der Waals surface area contributed by atoms with Crippen molar-refractivity contribution in [2.24, 2.45) is 5.92 Å². The van der Waals surface area contributed by atoms with Crippen LogP contribution in [-0.4, -0.2) is 15.9 Å². The van der Waals surface area contributed by atoms with Crippen molar-refractivity contribution in [2.45, 2.75) is 38.5 Å². The lowest BCUT2D eigenvalue weighted by Gasteiger charge is -2.07. The highest BCUT2D eigenvalue weighted by atomic mass is 32.1. The molecule has 21 heavy (non-hydrogen) atoms. The van der Waals surface area contributed by atoms with E-state index < -0.39 is 0 Å². The summed E-state index contributed by atoms with van der Waals surface area (Å²) >= 11 is 1.46. The van der Waals surface area contributed by atoms with Crippen LogP contribution in [0, 0.1) is 5.92 Å². The van der Waals surface area contributed by atoms with Crippen LogP contribution in [0.5, 0.6) is 0 Å². The molecular weight excluding hydrogens is 282 g/mol. The molecule has 0 atom stereocenters. The number of hydrogen-bond donors (Lipinski definition) is 1. The molecule has 0 unspecified atom stereocenters. The summed E-state index contributed by atoms with van der Waals surface area (Å²) in [7, 11) is 0. The molecule has 0 bridgehead atoms. The first-order chi connectivity index (χ1) is 10.3. The molecule has 2 aromatic heterocycles. The van der Waals surface area contributed by atoms with Gasteiger partial charge in [0.1, 0.15) is 0 Å². The molecule has 110 valence electrons. The molecular formula is C16H19N3OS. The lowest BCUT2D eigenvalue weighted by molar-refractivity contribution is -0.116. The summed E-state index contributed by atoms with van der Waals surface area (Å²) in [5.74, 6) is 0.826. The number of amides is 1. The van der Waals surface area contributed by atoms with Gasteiger partial charge >= 0.3 is 0 Å². The van der Waals surface area contributed by atoms with Crippen LogP contribution in [-0.2, 0) is 4.79 Å². The van der Waals surface area contributed by atoms with E-state index in [1.54, 1.807) is 12.4 Å². The summed E-state index contributed by atoms with van der Waals surface area (Å²) in [5.41, 5.74) is 1.83.